The molecule has 0 heterocycles. The van der Waals surface area contributed by atoms with Gasteiger partial charge >= 0.3 is 0 Å². The normalized spacial score (nSPS) is 50.0. The van der Waals surface area contributed by atoms with Gasteiger partial charge < -0.3 is 5.11 Å². The second-order valence-corrected chi connectivity index (χ2v) is 5.22. The predicted molar refractivity (Wildman–Crippen MR) is 49.9 cm³/mol. The van der Waals surface area contributed by atoms with E-state index in [0.717, 1.165) is 18.8 Å². The Morgan fingerprint density at radius 3 is 2.33 bits per heavy atom. The van der Waals surface area contributed by atoms with E-state index in [9.17, 15) is 5.11 Å². The van der Waals surface area contributed by atoms with Gasteiger partial charge in [-0.15, -0.1) is 0 Å². The maximum atomic E-state index is 10.0. The molecule has 1 nitrogen and oxygen atoms in total. The molecule has 70 valence electrons. The molecule has 0 aromatic heterocycles. The van der Waals surface area contributed by atoms with Gasteiger partial charge in [0.15, 0.2) is 0 Å². The fraction of sp³-hybridized carbons (Fsp3) is 1.00. The van der Waals surface area contributed by atoms with Crippen molar-refractivity contribution in [1.29, 1.82) is 0 Å². The summed E-state index contributed by atoms with van der Waals surface area (Å²) in [6.45, 7) is 6.94. The molecule has 1 heteroatoms. The van der Waals surface area contributed by atoms with Gasteiger partial charge in [-0.05, 0) is 37.0 Å². The third-order valence-electron chi connectivity index (χ3n) is 5.02. The number of rotatable bonds is 1. The summed E-state index contributed by atoms with van der Waals surface area (Å²) >= 11 is 0. The fourth-order valence-corrected chi connectivity index (χ4v) is 3.89. The number of aliphatic hydroxyl groups excluding tert-OH is 1. The minimum atomic E-state index is -0.0174. The van der Waals surface area contributed by atoms with Crippen LogP contribution in [0.3, 0.4) is 0 Å². The second-order valence-electron chi connectivity index (χ2n) is 5.22. The van der Waals surface area contributed by atoms with E-state index in [1.54, 1.807) is 0 Å². The zero-order valence-electron chi connectivity index (χ0n) is 8.43. The van der Waals surface area contributed by atoms with Crippen molar-refractivity contribution >= 4 is 0 Å². The van der Waals surface area contributed by atoms with Gasteiger partial charge in [0, 0.05) is 5.41 Å². The molecule has 0 spiro atoms. The van der Waals surface area contributed by atoms with Crippen molar-refractivity contribution in [2.75, 3.05) is 0 Å². The maximum absolute atomic E-state index is 10.0. The standard InChI is InChI=1S/C11H20O/c1-4-11-6-5-8(7-9(11)12)10(11,2)3/h8-9,12H,4-7H2,1-3H3. The lowest BCUT2D eigenvalue weighted by molar-refractivity contribution is -0.00622. The monoisotopic (exact) mass is 168 g/mol. The Balaban J connectivity index is 2.39. The van der Waals surface area contributed by atoms with E-state index in [1.807, 2.05) is 0 Å². The lowest BCUT2D eigenvalue weighted by atomic mass is 9.67. The Morgan fingerprint density at radius 2 is 2.08 bits per heavy atom. The van der Waals surface area contributed by atoms with Gasteiger partial charge in [0.1, 0.15) is 0 Å². The molecule has 2 fully saturated rings. The summed E-state index contributed by atoms with van der Waals surface area (Å²) in [6.07, 6.45) is 4.79. The molecule has 2 rings (SSSR count). The van der Waals surface area contributed by atoms with Crippen LogP contribution >= 0.6 is 0 Å². The average molecular weight is 168 g/mol. The van der Waals surface area contributed by atoms with Crippen LogP contribution < -0.4 is 0 Å². The molecular weight excluding hydrogens is 148 g/mol. The first kappa shape index (κ1) is 8.55. The minimum absolute atomic E-state index is 0.0174. The van der Waals surface area contributed by atoms with E-state index in [4.69, 9.17) is 0 Å². The van der Waals surface area contributed by atoms with Crippen molar-refractivity contribution in [3.8, 4) is 0 Å². The molecular formula is C11H20O. The second kappa shape index (κ2) is 2.25. The van der Waals surface area contributed by atoms with E-state index >= 15 is 0 Å². The van der Waals surface area contributed by atoms with Crippen molar-refractivity contribution in [2.45, 2.75) is 52.6 Å². The summed E-state index contributed by atoms with van der Waals surface area (Å²) in [7, 11) is 0. The fourth-order valence-electron chi connectivity index (χ4n) is 3.89. The first-order valence-corrected chi connectivity index (χ1v) is 5.22. The van der Waals surface area contributed by atoms with Crippen molar-refractivity contribution in [3.05, 3.63) is 0 Å². The minimum Gasteiger partial charge on any atom is -0.393 e. The highest BCUT2D eigenvalue weighted by Crippen LogP contribution is 2.66. The van der Waals surface area contributed by atoms with E-state index < -0.39 is 0 Å². The van der Waals surface area contributed by atoms with Crippen molar-refractivity contribution in [3.63, 3.8) is 0 Å². The molecule has 2 saturated carbocycles. The molecule has 0 radical (unpaired) electrons. The summed E-state index contributed by atoms with van der Waals surface area (Å²) in [5, 5.41) is 10.0. The van der Waals surface area contributed by atoms with Crippen LogP contribution in [0, 0.1) is 16.7 Å². The Kier molecular flexibility index (Phi) is 1.61. The lowest BCUT2D eigenvalue weighted by Crippen LogP contribution is -2.37. The van der Waals surface area contributed by atoms with Gasteiger partial charge in [-0.1, -0.05) is 20.8 Å². The molecule has 0 aliphatic heterocycles. The molecule has 12 heavy (non-hydrogen) atoms. The highest BCUT2D eigenvalue weighted by molar-refractivity contribution is 5.11. The Hall–Kier alpha value is -0.0400. The van der Waals surface area contributed by atoms with Gasteiger partial charge in [-0.2, -0.15) is 0 Å². The van der Waals surface area contributed by atoms with Gasteiger partial charge in [-0.25, -0.2) is 0 Å². The van der Waals surface area contributed by atoms with Crippen LogP contribution in [-0.4, -0.2) is 11.2 Å². The highest BCUT2D eigenvalue weighted by atomic mass is 16.3. The Bertz CT molecular complexity index is 197. The quantitative estimate of drug-likeness (QED) is 0.638. The third kappa shape index (κ3) is 0.693. The summed E-state index contributed by atoms with van der Waals surface area (Å²) < 4.78 is 0. The van der Waals surface area contributed by atoms with E-state index in [0.29, 0.717) is 5.41 Å². The molecule has 3 atom stereocenters. The SMILES string of the molecule is CCC12CCC(CC1O)C2(C)C. The predicted octanol–water partition coefficient (Wildman–Crippen LogP) is 2.58. The molecule has 2 aliphatic rings. The summed E-state index contributed by atoms with van der Waals surface area (Å²) in [6, 6.07) is 0. The van der Waals surface area contributed by atoms with Crippen molar-refractivity contribution in [2.24, 2.45) is 16.7 Å². The van der Waals surface area contributed by atoms with Crippen molar-refractivity contribution < 1.29 is 5.11 Å². The van der Waals surface area contributed by atoms with Crippen LogP contribution in [0.15, 0.2) is 0 Å². The first-order chi connectivity index (χ1) is 5.54. The summed E-state index contributed by atoms with van der Waals surface area (Å²) in [4.78, 5) is 0. The van der Waals surface area contributed by atoms with E-state index in [-0.39, 0.29) is 11.5 Å². The molecule has 3 unspecified atom stereocenters. The molecule has 2 aliphatic carbocycles. The molecule has 0 amide bonds. The first-order valence-electron chi connectivity index (χ1n) is 5.22. The lowest BCUT2D eigenvalue weighted by Gasteiger charge is -2.39. The topological polar surface area (TPSA) is 20.2 Å². The number of hydrogen-bond acceptors (Lipinski definition) is 1. The van der Waals surface area contributed by atoms with Crippen LogP contribution in [0.1, 0.15) is 46.5 Å². The van der Waals surface area contributed by atoms with Crippen molar-refractivity contribution in [1.82, 2.24) is 0 Å². The number of fused-ring (bicyclic) bond motifs is 2. The maximum Gasteiger partial charge on any atom is 0.0604 e. The number of aliphatic hydroxyl groups is 1. The van der Waals surface area contributed by atoms with Crippen LogP contribution in [0.4, 0.5) is 0 Å². The molecule has 1 N–H and O–H groups in total. The van der Waals surface area contributed by atoms with Crippen LogP contribution in [0.2, 0.25) is 0 Å². The van der Waals surface area contributed by atoms with E-state index in [1.165, 1.54) is 12.8 Å². The summed E-state index contributed by atoms with van der Waals surface area (Å²) in [5.74, 6) is 0.785. The molecule has 0 saturated heterocycles. The zero-order chi connectivity index (χ0) is 8.98. The number of hydrogen-bond donors (Lipinski definition) is 1. The largest absolute Gasteiger partial charge is 0.393 e. The van der Waals surface area contributed by atoms with Gasteiger partial charge in [0.25, 0.3) is 0 Å². The molecule has 0 aromatic rings. The van der Waals surface area contributed by atoms with Gasteiger partial charge in [0.05, 0.1) is 6.10 Å². The summed E-state index contributed by atoms with van der Waals surface area (Å²) in [5.41, 5.74) is 0.652. The Morgan fingerprint density at radius 1 is 1.42 bits per heavy atom. The van der Waals surface area contributed by atoms with Crippen LogP contribution in [0.25, 0.3) is 0 Å². The highest BCUT2D eigenvalue weighted by Gasteiger charge is 2.62. The van der Waals surface area contributed by atoms with Gasteiger partial charge in [-0.3, -0.25) is 0 Å². The van der Waals surface area contributed by atoms with Gasteiger partial charge in [0.2, 0.25) is 0 Å². The van der Waals surface area contributed by atoms with Crippen LogP contribution in [-0.2, 0) is 0 Å². The molecule has 0 aromatic carbocycles. The molecule has 2 bridgehead atoms. The Labute approximate surface area is 75.2 Å². The van der Waals surface area contributed by atoms with Crippen LogP contribution in [0.5, 0.6) is 0 Å². The van der Waals surface area contributed by atoms with E-state index in [2.05, 4.69) is 20.8 Å². The zero-order valence-corrected chi connectivity index (χ0v) is 8.43. The smallest absolute Gasteiger partial charge is 0.0604 e. The average Bonchev–Trinajstić information content (AvgIpc) is 2.36. The third-order valence-corrected chi connectivity index (χ3v) is 5.02.